The van der Waals surface area contributed by atoms with E-state index in [-0.39, 0.29) is 49.6 Å². The number of hydrogen-bond donors (Lipinski definition) is 2. The van der Waals surface area contributed by atoms with Crippen molar-refractivity contribution >= 4 is 23.5 Å². The Balaban J connectivity index is 2.41. The van der Waals surface area contributed by atoms with E-state index in [1.807, 2.05) is 6.92 Å². The molecule has 6 heteroatoms. The number of Topliss-reactive ketones (excluding diaryl/α,β-unsaturated/α-hetero) is 2. The van der Waals surface area contributed by atoms with Crippen LogP contribution in [0.15, 0.2) is 0 Å². The van der Waals surface area contributed by atoms with Gasteiger partial charge in [-0.15, -0.1) is 0 Å². The summed E-state index contributed by atoms with van der Waals surface area (Å²) in [6, 6.07) is 0. The van der Waals surface area contributed by atoms with E-state index in [2.05, 4.69) is 0 Å². The molecular formula is C19H28O6. The molecular weight excluding hydrogens is 324 g/mol. The molecule has 0 heterocycles. The standard InChI is InChI=1S/C19H28O6/c1-3-13(19(17(24)25)8-5-4-6-14(19)20)11-18(16(22)23)9-7-12(2)10-15(18)21/h12-13H,3-11H2,1-2H3,(H,22,23)(H,24,25). The molecule has 0 radical (unpaired) electrons. The SMILES string of the molecule is CCC(CC1(C(=O)O)CCC(C)CC1=O)C1(C(=O)O)CCCCC1=O. The molecule has 0 amide bonds. The largest absolute Gasteiger partial charge is 0.480 e. The van der Waals surface area contributed by atoms with Crippen LogP contribution < -0.4 is 0 Å². The Kier molecular flexibility index (Phi) is 5.69. The first-order chi connectivity index (χ1) is 11.7. The molecule has 25 heavy (non-hydrogen) atoms. The van der Waals surface area contributed by atoms with Crippen LogP contribution in [0.4, 0.5) is 0 Å². The molecule has 2 fully saturated rings. The van der Waals surface area contributed by atoms with Gasteiger partial charge in [0, 0.05) is 12.8 Å². The first-order valence-corrected chi connectivity index (χ1v) is 9.24. The second-order valence-corrected chi connectivity index (χ2v) is 7.87. The van der Waals surface area contributed by atoms with Crippen LogP contribution in [0.1, 0.15) is 71.6 Å². The van der Waals surface area contributed by atoms with Gasteiger partial charge in [-0.2, -0.15) is 0 Å². The smallest absolute Gasteiger partial charge is 0.317 e. The van der Waals surface area contributed by atoms with E-state index < -0.39 is 28.7 Å². The fourth-order valence-electron chi connectivity index (χ4n) is 4.75. The predicted octanol–water partition coefficient (Wildman–Crippen LogP) is 3.08. The molecule has 0 spiro atoms. The predicted molar refractivity (Wildman–Crippen MR) is 90.0 cm³/mol. The average Bonchev–Trinajstić information content (AvgIpc) is 2.55. The number of carboxylic acids is 2. The first-order valence-electron chi connectivity index (χ1n) is 9.24. The lowest BCUT2D eigenvalue weighted by Gasteiger charge is -2.43. The summed E-state index contributed by atoms with van der Waals surface area (Å²) in [7, 11) is 0. The maximum Gasteiger partial charge on any atom is 0.317 e. The van der Waals surface area contributed by atoms with E-state index in [4.69, 9.17) is 0 Å². The van der Waals surface area contributed by atoms with Crippen molar-refractivity contribution in [2.45, 2.75) is 71.6 Å². The van der Waals surface area contributed by atoms with Gasteiger partial charge in [0.1, 0.15) is 22.4 Å². The van der Waals surface area contributed by atoms with E-state index in [1.165, 1.54) is 0 Å². The van der Waals surface area contributed by atoms with E-state index in [1.54, 1.807) is 6.92 Å². The van der Waals surface area contributed by atoms with Gasteiger partial charge in [-0.25, -0.2) is 0 Å². The zero-order chi connectivity index (χ0) is 18.8. The van der Waals surface area contributed by atoms with Gasteiger partial charge in [0.05, 0.1) is 0 Å². The van der Waals surface area contributed by atoms with E-state index in [0.29, 0.717) is 25.7 Å². The van der Waals surface area contributed by atoms with Gasteiger partial charge in [-0.3, -0.25) is 19.2 Å². The highest BCUT2D eigenvalue weighted by Gasteiger charge is 2.57. The minimum absolute atomic E-state index is 0.0531. The topological polar surface area (TPSA) is 109 Å². The number of rotatable bonds is 6. The maximum atomic E-state index is 12.6. The number of ketones is 2. The minimum atomic E-state index is -1.55. The second-order valence-electron chi connectivity index (χ2n) is 7.87. The monoisotopic (exact) mass is 352 g/mol. The van der Waals surface area contributed by atoms with E-state index >= 15 is 0 Å². The Bertz CT molecular complexity index is 582. The van der Waals surface area contributed by atoms with Crippen LogP contribution in [-0.4, -0.2) is 33.7 Å². The summed E-state index contributed by atoms with van der Waals surface area (Å²) in [5, 5.41) is 19.7. The summed E-state index contributed by atoms with van der Waals surface area (Å²) in [5.74, 6) is -3.46. The van der Waals surface area contributed by atoms with Crippen molar-refractivity contribution in [2.75, 3.05) is 0 Å². The van der Waals surface area contributed by atoms with Gasteiger partial charge in [-0.05, 0) is 43.9 Å². The Hall–Kier alpha value is -1.72. The highest BCUT2D eigenvalue weighted by Crippen LogP contribution is 2.50. The van der Waals surface area contributed by atoms with Gasteiger partial charge in [0.25, 0.3) is 0 Å². The third-order valence-electron chi connectivity index (χ3n) is 6.43. The van der Waals surface area contributed by atoms with Crippen LogP contribution in [0.2, 0.25) is 0 Å². The number of aliphatic carboxylic acids is 2. The van der Waals surface area contributed by atoms with Crippen molar-refractivity contribution in [3.63, 3.8) is 0 Å². The summed E-state index contributed by atoms with van der Waals surface area (Å²) < 4.78 is 0. The number of carboxylic acid groups (broad SMARTS) is 2. The second kappa shape index (κ2) is 7.26. The zero-order valence-electron chi connectivity index (χ0n) is 15.0. The Morgan fingerprint density at radius 1 is 1.12 bits per heavy atom. The lowest BCUT2D eigenvalue weighted by molar-refractivity contribution is -0.170. The molecule has 4 unspecified atom stereocenters. The van der Waals surface area contributed by atoms with E-state index in [9.17, 15) is 29.4 Å². The highest BCUT2D eigenvalue weighted by atomic mass is 16.4. The van der Waals surface area contributed by atoms with Gasteiger partial charge in [0.2, 0.25) is 0 Å². The number of carbonyl (C=O) groups is 4. The van der Waals surface area contributed by atoms with Gasteiger partial charge >= 0.3 is 11.9 Å². The van der Waals surface area contributed by atoms with E-state index in [0.717, 1.165) is 0 Å². The molecule has 0 aromatic heterocycles. The molecule has 2 rings (SSSR count). The van der Waals surface area contributed by atoms with Gasteiger partial charge in [-0.1, -0.05) is 26.7 Å². The molecule has 0 aromatic carbocycles. The van der Waals surface area contributed by atoms with Crippen LogP contribution >= 0.6 is 0 Å². The lowest BCUT2D eigenvalue weighted by atomic mass is 9.57. The van der Waals surface area contributed by atoms with Crippen LogP contribution in [0.25, 0.3) is 0 Å². The molecule has 140 valence electrons. The molecule has 2 aliphatic rings. The Labute approximate surface area is 148 Å². The molecule has 2 aliphatic carbocycles. The number of hydrogen-bond acceptors (Lipinski definition) is 4. The average molecular weight is 352 g/mol. The van der Waals surface area contributed by atoms with Crippen LogP contribution in [0, 0.1) is 22.7 Å². The van der Waals surface area contributed by atoms with Crippen molar-refractivity contribution in [2.24, 2.45) is 22.7 Å². The van der Waals surface area contributed by atoms with Crippen molar-refractivity contribution < 1.29 is 29.4 Å². The van der Waals surface area contributed by atoms with Gasteiger partial charge < -0.3 is 10.2 Å². The molecule has 0 aliphatic heterocycles. The Morgan fingerprint density at radius 3 is 2.28 bits per heavy atom. The molecule has 0 bridgehead atoms. The minimum Gasteiger partial charge on any atom is -0.480 e. The third kappa shape index (κ3) is 3.23. The maximum absolute atomic E-state index is 12.6. The molecule has 6 nitrogen and oxygen atoms in total. The van der Waals surface area contributed by atoms with Crippen molar-refractivity contribution in [3.8, 4) is 0 Å². The molecule has 2 N–H and O–H groups in total. The van der Waals surface area contributed by atoms with Crippen LogP contribution in [0.3, 0.4) is 0 Å². The normalized spacial score (nSPS) is 34.6. The molecule has 0 saturated heterocycles. The summed E-state index contributed by atoms with van der Waals surface area (Å²) >= 11 is 0. The molecule has 0 aromatic rings. The summed E-state index contributed by atoms with van der Waals surface area (Å²) in [6.07, 6.45) is 3.14. The van der Waals surface area contributed by atoms with Crippen LogP contribution in [0.5, 0.6) is 0 Å². The third-order valence-corrected chi connectivity index (χ3v) is 6.43. The summed E-state index contributed by atoms with van der Waals surface area (Å²) in [4.78, 5) is 49.4. The lowest BCUT2D eigenvalue weighted by Crippen LogP contribution is -2.52. The highest BCUT2D eigenvalue weighted by molar-refractivity contribution is 6.05. The molecule has 2 saturated carbocycles. The van der Waals surface area contributed by atoms with Crippen molar-refractivity contribution in [3.05, 3.63) is 0 Å². The Morgan fingerprint density at radius 2 is 1.80 bits per heavy atom. The summed E-state index contributed by atoms with van der Waals surface area (Å²) in [5.41, 5.74) is -3.09. The summed E-state index contributed by atoms with van der Waals surface area (Å²) in [6.45, 7) is 3.70. The van der Waals surface area contributed by atoms with Crippen LogP contribution in [-0.2, 0) is 19.2 Å². The molecule has 4 atom stereocenters. The van der Waals surface area contributed by atoms with Crippen molar-refractivity contribution in [1.29, 1.82) is 0 Å². The zero-order valence-corrected chi connectivity index (χ0v) is 15.0. The number of carbonyl (C=O) groups excluding carboxylic acids is 2. The fourth-order valence-corrected chi connectivity index (χ4v) is 4.75. The first kappa shape index (κ1) is 19.6. The van der Waals surface area contributed by atoms with Gasteiger partial charge in [0.15, 0.2) is 0 Å². The fraction of sp³-hybridized carbons (Fsp3) is 0.789. The quantitative estimate of drug-likeness (QED) is 0.711. The van der Waals surface area contributed by atoms with Crippen molar-refractivity contribution in [1.82, 2.24) is 0 Å².